The highest BCUT2D eigenvalue weighted by Gasteiger charge is 2.38. The van der Waals surface area contributed by atoms with Gasteiger partial charge < -0.3 is 4.74 Å². The highest BCUT2D eigenvalue weighted by molar-refractivity contribution is 5.74. The van der Waals surface area contributed by atoms with Gasteiger partial charge in [-0.2, -0.15) is 0 Å². The van der Waals surface area contributed by atoms with Gasteiger partial charge in [0, 0.05) is 5.92 Å². The summed E-state index contributed by atoms with van der Waals surface area (Å²) in [5.41, 5.74) is 3.93. The zero-order valence-corrected chi connectivity index (χ0v) is 14.0. The SMILES string of the molecule is COC(=O)C1CC=C(C)C(CC=C(C)C)C1c1ccccc1. The lowest BCUT2D eigenvalue weighted by molar-refractivity contribution is -0.146. The van der Waals surface area contributed by atoms with E-state index in [-0.39, 0.29) is 17.8 Å². The van der Waals surface area contributed by atoms with E-state index in [1.165, 1.54) is 23.8 Å². The van der Waals surface area contributed by atoms with E-state index in [1.54, 1.807) is 0 Å². The molecule has 0 aromatic heterocycles. The predicted octanol–water partition coefficient (Wildman–Crippen LogP) is 4.88. The Morgan fingerprint density at radius 3 is 2.55 bits per heavy atom. The maximum atomic E-state index is 12.3. The number of carbonyl (C=O) groups excluding carboxylic acids is 1. The Morgan fingerprint density at radius 1 is 1.27 bits per heavy atom. The molecule has 0 spiro atoms. The van der Waals surface area contributed by atoms with Crippen molar-refractivity contribution in [1.29, 1.82) is 0 Å². The summed E-state index contributed by atoms with van der Waals surface area (Å²) in [5, 5.41) is 0. The van der Waals surface area contributed by atoms with Gasteiger partial charge in [0.2, 0.25) is 0 Å². The highest BCUT2D eigenvalue weighted by atomic mass is 16.5. The average molecular weight is 298 g/mol. The van der Waals surface area contributed by atoms with E-state index in [0.717, 1.165) is 12.8 Å². The largest absolute Gasteiger partial charge is 0.469 e. The Hall–Kier alpha value is -1.83. The minimum atomic E-state index is -0.0974. The molecule has 0 fully saturated rings. The molecule has 22 heavy (non-hydrogen) atoms. The number of methoxy groups -OCH3 is 1. The number of esters is 1. The van der Waals surface area contributed by atoms with Crippen molar-refractivity contribution in [3.63, 3.8) is 0 Å². The van der Waals surface area contributed by atoms with Crippen LogP contribution in [-0.4, -0.2) is 13.1 Å². The van der Waals surface area contributed by atoms with Crippen LogP contribution in [0.5, 0.6) is 0 Å². The predicted molar refractivity (Wildman–Crippen MR) is 90.6 cm³/mol. The van der Waals surface area contributed by atoms with Crippen molar-refractivity contribution in [1.82, 2.24) is 0 Å². The minimum Gasteiger partial charge on any atom is -0.469 e. The van der Waals surface area contributed by atoms with Gasteiger partial charge in [0.15, 0.2) is 0 Å². The number of hydrogen-bond acceptors (Lipinski definition) is 2. The highest BCUT2D eigenvalue weighted by Crippen LogP contribution is 2.44. The first kappa shape index (κ1) is 16.5. The van der Waals surface area contributed by atoms with Gasteiger partial charge in [0.1, 0.15) is 0 Å². The molecule has 3 atom stereocenters. The first-order chi connectivity index (χ1) is 10.5. The Kier molecular flexibility index (Phi) is 5.59. The van der Waals surface area contributed by atoms with E-state index in [9.17, 15) is 4.79 Å². The number of carbonyl (C=O) groups is 1. The van der Waals surface area contributed by atoms with Gasteiger partial charge in [-0.25, -0.2) is 0 Å². The number of allylic oxidation sites excluding steroid dienone is 4. The molecule has 1 aliphatic carbocycles. The van der Waals surface area contributed by atoms with Crippen LogP contribution in [0, 0.1) is 11.8 Å². The lowest BCUT2D eigenvalue weighted by Crippen LogP contribution is -2.32. The molecule has 2 rings (SSSR count). The molecule has 1 aliphatic rings. The molecule has 0 aliphatic heterocycles. The summed E-state index contributed by atoms with van der Waals surface area (Å²) in [7, 11) is 1.49. The van der Waals surface area contributed by atoms with E-state index in [1.807, 2.05) is 6.07 Å². The van der Waals surface area contributed by atoms with Crippen LogP contribution in [0.3, 0.4) is 0 Å². The molecule has 0 N–H and O–H groups in total. The maximum Gasteiger partial charge on any atom is 0.309 e. The lowest BCUT2D eigenvalue weighted by Gasteiger charge is -2.36. The second-order valence-electron chi connectivity index (χ2n) is 6.37. The van der Waals surface area contributed by atoms with Crippen LogP contribution in [0.25, 0.3) is 0 Å². The zero-order valence-electron chi connectivity index (χ0n) is 14.0. The molecular formula is C20H26O2. The van der Waals surface area contributed by atoms with Gasteiger partial charge in [-0.3, -0.25) is 4.79 Å². The third-order valence-electron chi connectivity index (χ3n) is 4.61. The van der Waals surface area contributed by atoms with Gasteiger partial charge in [-0.15, -0.1) is 0 Å². The van der Waals surface area contributed by atoms with Crippen molar-refractivity contribution in [2.24, 2.45) is 11.8 Å². The Morgan fingerprint density at radius 2 is 1.95 bits per heavy atom. The molecule has 0 saturated carbocycles. The summed E-state index contributed by atoms with van der Waals surface area (Å²) in [5.74, 6) is 0.357. The fraction of sp³-hybridized carbons (Fsp3) is 0.450. The van der Waals surface area contributed by atoms with Crippen molar-refractivity contribution in [2.75, 3.05) is 7.11 Å². The van der Waals surface area contributed by atoms with Crippen molar-refractivity contribution in [3.8, 4) is 0 Å². The molecule has 0 amide bonds. The number of rotatable bonds is 4. The van der Waals surface area contributed by atoms with Gasteiger partial charge in [-0.05, 0) is 45.1 Å². The molecule has 0 heterocycles. The summed E-state index contributed by atoms with van der Waals surface area (Å²) >= 11 is 0. The molecule has 3 unspecified atom stereocenters. The van der Waals surface area contributed by atoms with E-state index in [4.69, 9.17) is 4.74 Å². The van der Waals surface area contributed by atoms with E-state index in [2.05, 4.69) is 57.2 Å². The molecule has 1 aromatic rings. The van der Waals surface area contributed by atoms with Gasteiger partial charge in [-0.1, -0.05) is 53.6 Å². The number of benzene rings is 1. The van der Waals surface area contributed by atoms with Crippen LogP contribution in [0.15, 0.2) is 53.6 Å². The lowest BCUT2D eigenvalue weighted by atomic mass is 9.68. The molecule has 0 saturated heterocycles. The second-order valence-corrected chi connectivity index (χ2v) is 6.37. The van der Waals surface area contributed by atoms with Gasteiger partial charge >= 0.3 is 5.97 Å². The smallest absolute Gasteiger partial charge is 0.309 e. The van der Waals surface area contributed by atoms with Crippen LogP contribution in [-0.2, 0) is 9.53 Å². The number of ether oxygens (including phenoxy) is 1. The molecule has 1 aromatic carbocycles. The molecule has 2 heteroatoms. The van der Waals surface area contributed by atoms with E-state index in [0.29, 0.717) is 5.92 Å². The maximum absolute atomic E-state index is 12.3. The third kappa shape index (κ3) is 3.68. The van der Waals surface area contributed by atoms with Crippen molar-refractivity contribution in [3.05, 3.63) is 59.2 Å². The fourth-order valence-electron chi connectivity index (χ4n) is 3.40. The third-order valence-corrected chi connectivity index (χ3v) is 4.61. The van der Waals surface area contributed by atoms with Crippen molar-refractivity contribution >= 4 is 5.97 Å². The first-order valence-corrected chi connectivity index (χ1v) is 7.97. The van der Waals surface area contributed by atoms with Crippen LogP contribution in [0.4, 0.5) is 0 Å². The van der Waals surface area contributed by atoms with E-state index >= 15 is 0 Å². The second kappa shape index (κ2) is 7.44. The van der Waals surface area contributed by atoms with Gasteiger partial charge in [0.05, 0.1) is 13.0 Å². The summed E-state index contributed by atoms with van der Waals surface area (Å²) in [6.07, 6.45) is 6.23. The number of hydrogen-bond donors (Lipinski definition) is 0. The van der Waals surface area contributed by atoms with Crippen LogP contribution in [0.1, 0.15) is 45.1 Å². The monoisotopic (exact) mass is 298 g/mol. The van der Waals surface area contributed by atoms with Crippen molar-refractivity contribution in [2.45, 2.75) is 39.5 Å². The quantitative estimate of drug-likeness (QED) is 0.585. The van der Waals surface area contributed by atoms with Crippen molar-refractivity contribution < 1.29 is 9.53 Å². The topological polar surface area (TPSA) is 26.3 Å². The molecule has 118 valence electrons. The Labute approximate surface area is 133 Å². The Balaban J connectivity index is 2.42. The molecular weight excluding hydrogens is 272 g/mol. The van der Waals surface area contributed by atoms with Gasteiger partial charge in [0.25, 0.3) is 0 Å². The standard InChI is InChI=1S/C20H26O2/c1-14(2)10-12-17-15(3)11-13-18(20(21)22-4)19(17)16-8-6-5-7-9-16/h5-11,17-19H,12-13H2,1-4H3. The summed E-state index contributed by atoms with van der Waals surface area (Å²) in [6, 6.07) is 10.4. The first-order valence-electron chi connectivity index (χ1n) is 7.97. The van der Waals surface area contributed by atoms with E-state index < -0.39 is 0 Å². The summed E-state index contributed by atoms with van der Waals surface area (Å²) in [6.45, 7) is 6.43. The van der Waals surface area contributed by atoms with Crippen LogP contribution in [0.2, 0.25) is 0 Å². The zero-order chi connectivity index (χ0) is 16.1. The van der Waals surface area contributed by atoms with Crippen LogP contribution < -0.4 is 0 Å². The molecule has 0 bridgehead atoms. The normalized spacial score (nSPS) is 24.4. The molecule has 0 radical (unpaired) electrons. The average Bonchev–Trinajstić information content (AvgIpc) is 2.53. The fourth-order valence-corrected chi connectivity index (χ4v) is 3.40. The minimum absolute atomic E-state index is 0.0911. The summed E-state index contributed by atoms with van der Waals surface area (Å²) < 4.78 is 5.07. The Bertz CT molecular complexity index is 565. The van der Waals surface area contributed by atoms with Crippen LogP contribution >= 0.6 is 0 Å². The molecule has 2 nitrogen and oxygen atoms in total. The summed E-state index contributed by atoms with van der Waals surface area (Å²) in [4.78, 5) is 12.3.